The Morgan fingerprint density at radius 1 is 1.00 bits per heavy atom. The highest BCUT2D eigenvalue weighted by molar-refractivity contribution is 8.26. The van der Waals surface area contributed by atoms with E-state index < -0.39 is 0 Å². The number of morpholine rings is 1. The molecule has 35 heavy (non-hydrogen) atoms. The van der Waals surface area contributed by atoms with Crippen molar-refractivity contribution < 1.29 is 9.53 Å². The standard InChI is InChI=1S/C28H29N3O2S2/c1-20-18-23(19-26-27(32)30(28(34)35-26)13-12-22-6-4-3-5-7-22)21(2)31(20)25-10-8-24(9-11-25)29-14-16-33-17-15-29/h3-11,18-19H,12-17H2,1-2H3/b26-19-. The van der Waals surface area contributed by atoms with Crippen molar-refractivity contribution in [3.05, 3.63) is 88.1 Å². The molecule has 5 rings (SSSR count). The zero-order valence-corrected chi connectivity index (χ0v) is 21.7. The van der Waals surface area contributed by atoms with E-state index >= 15 is 0 Å². The number of carbonyl (C=O) groups excluding carboxylic acids is 1. The summed E-state index contributed by atoms with van der Waals surface area (Å²) >= 11 is 6.94. The van der Waals surface area contributed by atoms with Crippen molar-refractivity contribution in [2.45, 2.75) is 20.3 Å². The number of benzene rings is 2. The molecule has 2 saturated heterocycles. The van der Waals surface area contributed by atoms with E-state index in [1.165, 1.54) is 23.0 Å². The molecular weight excluding hydrogens is 474 g/mol. The Labute approximate surface area is 216 Å². The number of thioether (sulfide) groups is 1. The van der Waals surface area contributed by atoms with Crippen LogP contribution in [0.5, 0.6) is 0 Å². The van der Waals surface area contributed by atoms with Gasteiger partial charge in [-0.15, -0.1) is 0 Å². The van der Waals surface area contributed by atoms with Gasteiger partial charge in [-0.2, -0.15) is 0 Å². The second kappa shape index (κ2) is 10.4. The van der Waals surface area contributed by atoms with Gasteiger partial charge in [0.1, 0.15) is 4.32 Å². The topological polar surface area (TPSA) is 37.7 Å². The zero-order chi connectivity index (χ0) is 24.4. The Morgan fingerprint density at radius 3 is 2.40 bits per heavy atom. The summed E-state index contributed by atoms with van der Waals surface area (Å²) in [5, 5.41) is 0. The molecule has 0 N–H and O–H groups in total. The lowest BCUT2D eigenvalue weighted by atomic mass is 10.1. The molecule has 0 aliphatic carbocycles. The first kappa shape index (κ1) is 23.9. The third-order valence-electron chi connectivity index (χ3n) is 6.58. The number of amides is 1. The van der Waals surface area contributed by atoms with Crippen LogP contribution in [-0.4, -0.2) is 52.5 Å². The number of hydrogen-bond donors (Lipinski definition) is 0. The normalized spacial score (nSPS) is 17.6. The van der Waals surface area contributed by atoms with E-state index in [0.29, 0.717) is 15.8 Å². The summed E-state index contributed by atoms with van der Waals surface area (Å²) in [7, 11) is 0. The Morgan fingerprint density at radius 2 is 1.69 bits per heavy atom. The van der Waals surface area contributed by atoms with Crippen LogP contribution in [-0.2, 0) is 16.0 Å². The molecule has 2 aliphatic heterocycles. The number of thiocarbonyl (C=S) groups is 1. The SMILES string of the molecule is Cc1cc(/C=C2\SC(=S)N(CCc3ccccc3)C2=O)c(C)n1-c1ccc(N2CCOCC2)cc1. The predicted octanol–water partition coefficient (Wildman–Crippen LogP) is 5.37. The molecule has 0 unspecified atom stereocenters. The van der Waals surface area contributed by atoms with E-state index in [2.05, 4.69) is 65.8 Å². The van der Waals surface area contributed by atoms with Crippen molar-refractivity contribution in [3.63, 3.8) is 0 Å². The smallest absolute Gasteiger partial charge is 0.266 e. The first-order chi connectivity index (χ1) is 17.0. The quantitative estimate of drug-likeness (QED) is 0.334. The molecule has 3 aromatic rings. The number of aryl methyl sites for hydroxylation is 1. The molecule has 2 aliphatic rings. The van der Waals surface area contributed by atoms with Crippen LogP contribution in [0.2, 0.25) is 0 Å². The maximum Gasteiger partial charge on any atom is 0.266 e. The van der Waals surface area contributed by atoms with Gasteiger partial charge >= 0.3 is 0 Å². The summed E-state index contributed by atoms with van der Waals surface area (Å²) in [6.45, 7) is 8.21. The summed E-state index contributed by atoms with van der Waals surface area (Å²) in [5.41, 5.74) is 6.83. The van der Waals surface area contributed by atoms with Gasteiger partial charge in [-0.3, -0.25) is 9.69 Å². The van der Waals surface area contributed by atoms with Crippen LogP contribution in [0.15, 0.2) is 65.6 Å². The molecule has 180 valence electrons. The summed E-state index contributed by atoms with van der Waals surface area (Å²) in [6.07, 6.45) is 2.78. The maximum absolute atomic E-state index is 13.1. The van der Waals surface area contributed by atoms with Crippen LogP contribution in [0.25, 0.3) is 11.8 Å². The molecule has 1 aromatic heterocycles. The van der Waals surface area contributed by atoms with E-state index in [4.69, 9.17) is 17.0 Å². The van der Waals surface area contributed by atoms with Gasteiger partial charge in [-0.1, -0.05) is 54.3 Å². The van der Waals surface area contributed by atoms with E-state index in [1.807, 2.05) is 24.3 Å². The number of nitrogens with zero attached hydrogens (tertiary/aromatic N) is 3. The highest BCUT2D eigenvalue weighted by atomic mass is 32.2. The molecule has 0 bridgehead atoms. The highest BCUT2D eigenvalue weighted by Crippen LogP contribution is 2.34. The predicted molar refractivity (Wildman–Crippen MR) is 148 cm³/mol. The first-order valence-electron chi connectivity index (χ1n) is 11.9. The van der Waals surface area contributed by atoms with Gasteiger partial charge in [0.25, 0.3) is 5.91 Å². The second-order valence-corrected chi connectivity index (χ2v) is 10.5. The molecule has 0 atom stereocenters. The van der Waals surface area contributed by atoms with Gasteiger partial charge in [0.2, 0.25) is 0 Å². The van der Waals surface area contributed by atoms with Gasteiger partial charge in [0.15, 0.2) is 0 Å². The first-order valence-corrected chi connectivity index (χ1v) is 13.1. The third-order valence-corrected chi connectivity index (χ3v) is 7.96. The van der Waals surface area contributed by atoms with Crippen molar-refractivity contribution in [3.8, 4) is 5.69 Å². The Bertz CT molecular complexity index is 1260. The van der Waals surface area contributed by atoms with Crippen molar-refractivity contribution in [2.24, 2.45) is 0 Å². The molecule has 2 aromatic carbocycles. The molecule has 7 heteroatoms. The van der Waals surface area contributed by atoms with Crippen molar-refractivity contribution in [2.75, 3.05) is 37.7 Å². The third kappa shape index (κ3) is 5.08. The Balaban J connectivity index is 1.33. The van der Waals surface area contributed by atoms with Crippen LogP contribution in [0.3, 0.4) is 0 Å². The summed E-state index contributed by atoms with van der Waals surface area (Å²) in [4.78, 5) is 17.9. The van der Waals surface area contributed by atoms with Gasteiger partial charge in [0, 0.05) is 42.4 Å². The fourth-order valence-corrected chi connectivity index (χ4v) is 5.98. The zero-order valence-electron chi connectivity index (χ0n) is 20.1. The second-order valence-electron chi connectivity index (χ2n) is 8.85. The molecule has 0 radical (unpaired) electrons. The fraction of sp³-hybridized carbons (Fsp3) is 0.286. The number of hydrogen-bond acceptors (Lipinski definition) is 5. The van der Waals surface area contributed by atoms with Crippen LogP contribution in [0.1, 0.15) is 22.5 Å². The Hall–Kier alpha value is -2.87. The minimum Gasteiger partial charge on any atom is -0.378 e. The summed E-state index contributed by atoms with van der Waals surface area (Å²) < 4.78 is 8.34. The van der Waals surface area contributed by atoms with Crippen molar-refractivity contribution in [1.29, 1.82) is 0 Å². The number of aromatic nitrogens is 1. The van der Waals surface area contributed by atoms with Gasteiger partial charge in [0.05, 0.1) is 18.1 Å². The number of carbonyl (C=O) groups is 1. The van der Waals surface area contributed by atoms with Crippen LogP contribution in [0.4, 0.5) is 5.69 Å². The lowest BCUT2D eigenvalue weighted by molar-refractivity contribution is -0.122. The molecular formula is C28H29N3O2S2. The van der Waals surface area contributed by atoms with Gasteiger partial charge in [-0.25, -0.2) is 0 Å². The van der Waals surface area contributed by atoms with E-state index in [9.17, 15) is 4.79 Å². The van der Waals surface area contributed by atoms with Crippen LogP contribution in [0, 0.1) is 13.8 Å². The molecule has 0 saturated carbocycles. The van der Waals surface area contributed by atoms with E-state index in [0.717, 1.165) is 55.4 Å². The maximum atomic E-state index is 13.1. The van der Waals surface area contributed by atoms with Crippen molar-refractivity contribution >= 4 is 46.0 Å². The summed E-state index contributed by atoms with van der Waals surface area (Å²) in [5.74, 6) is -0.00408. The van der Waals surface area contributed by atoms with Gasteiger partial charge in [-0.05, 0) is 67.8 Å². The van der Waals surface area contributed by atoms with E-state index in [1.54, 1.807) is 4.90 Å². The molecule has 3 heterocycles. The van der Waals surface area contributed by atoms with Crippen molar-refractivity contribution in [1.82, 2.24) is 9.47 Å². The Kier molecular flexibility index (Phi) is 7.09. The minimum atomic E-state index is -0.00408. The number of ether oxygens (including phenoxy) is 1. The largest absolute Gasteiger partial charge is 0.378 e. The average Bonchev–Trinajstić information content (AvgIpc) is 3.32. The number of rotatable bonds is 6. The fourth-order valence-electron chi connectivity index (χ4n) is 4.68. The minimum absolute atomic E-state index is 0.00408. The molecule has 5 nitrogen and oxygen atoms in total. The molecule has 0 spiro atoms. The van der Waals surface area contributed by atoms with Crippen LogP contribution >= 0.6 is 24.0 Å². The lowest BCUT2D eigenvalue weighted by Crippen LogP contribution is -2.36. The van der Waals surface area contributed by atoms with Gasteiger partial charge < -0.3 is 14.2 Å². The molecule has 1 amide bonds. The average molecular weight is 504 g/mol. The highest BCUT2D eigenvalue weighted by Gasteiger charge is 2.32. The van der Waals surface area contributed by atoms with E-state index in [-0.39, 0.29) is 5.91 Å². The monoisotopic (exact) mass is 503 g/mol. The summed E-state index contributed by atoms with van der Waals surface area (Å²) in [6, 6.07) is 21.0. The van der Waals surface area contributed by atoms with Crippen LogP contribution < -0.4 is 4.90 Å². The number of anilines is 1. The lowest BCUT2D eigenvalue weighted by Gasteiger charge is -2.29. The molecule has 2 fully saturated rings.